The van der Waals surface area contributed by atoms with Crippen molar-refractivity contribution in [2.24, 2.45) is 5.92 Å². The molecule has 0 aliphatic carbocycles. The Balaban J connectivity index is 3.33. The van der Waals surface area contributed by atoms with Crippen molar-refractivity contribution < 1.29 is 5.11 Å². The summed E-state index contributed by atoms with van der Waals surface area (Å²) in [4.78, 5) is 0. The molecule has 0 amide bonds. The lowest BCUT2D eigenvalue weighted by molar-refractivity contribution is 0.279. The maximum atomic E-state index is 8.64. The van der Waals surface area contributed by atoms with E-state index in [1.807, 2.05) is 0 Å². The number of rotatable bonds is 9. The summed E-state index contributed by atoms with van der Waals surface area (Å²) in [5, 5.41) is 8.64. The Labute approximate surface area is 83.5 Å². The Kier molecular flexibility index (Phi) is 10.0. The quantitative estimate of drug-likeness (QED) is 0.544. The summed E-state index contributed by atoms with van der Waals surface area (Å²) in [7, 11) is 0. The van der Waals surface area contributed by atoms with Crippen molar-refractivity contribution in [2.45, 2.75) is 65.2 Å². The van der Waals surface area contributed by atoms with Crippen molar-refractivity contribution in [1.29, 1.82) is 0 Å². The highest BCUT2D eigenvalue weighted by Gasteiger charge is 2.05. The van der Waals surface area contributed by atoms with Crippen LogP contribution in [0, 0.1) is 5.92 Å². The lowest BCUT2D eigenvalue weighted by Crippen LogP contribution is -1.99. The van der Waals surface area contributed by atoms with Crippen LogP contribution in [0.25, 0.3) is 0 Å². The fourth-order valence-corrected chi connectivity index (χ4v) is 1.97. The molecule has 0 bridgehead atoms. The van der Waals surface area contributed by atoms with E-state index in [9.17, 15) is 0 Å². The molecular weight excluding hydrogens is 160 g/mol. The van der Waals surface area contributed by atoms with Gasteiger partial charge in [0.05, 0.1) is 0 Å². The maximum Gasteiger partial charge on any atom is 0.0431 e. The molecule has 0 saturated heterocycles. The highest BCUT2D eigenvalue weighted by molar-refractivity contribution is 4.58. The van der Waals surface area contributed by atoms with Crippen molar-refractivity contribution in [3.05, 3.63) is 0 Å². The van der Waals surface area contributed by atoms with Gasteiger partial charge in [0.15, 0.2) is 0 Å². The van der Waals surface area contributed by atoms with Crippen molar-refractivity contribution in [3.63, 3.8) is 0 Å². The van der Waals surface area contributed by atoms with Crippen molar-refractivity contribution >= 4 is 0 Å². The van der Waals surface area contributed by atoms with E-state index in [2.05, 4.69) is 13.8 Å². The molecule has 0 spiro atoms. The summed E-state index contributed by atoms with van der Waals surface area (Å²) in [6, 6.07) is 0. The zero-order valence-corrected chi connectivity index (χ0v) is 9.39. The minimum absolute atomic E-state index is 0.367. The van der Waals surface area contributed by atoms with Crippen LogP contribution in [0.15, 0.2) is 0 Å². The van der Waals surface area contributed by atoms with Crippen LogP contribution < -0.4 is 0 Å². The standard InChI is InChI=1S/C12H26O/c1-3-8-12(9-4-2)10-6-5-7-11-13/h12-13H,3-11H2,1-2H3. The first-order valence-corrected chi connectivity index (χ1v) is 5.96. The van der Waals surface area contributed by atoms with E-state index in [0.717, 1.165) is 12.3 Å². The van der Waals surface area contributed by atoms with Crippen molar-refractivity contribution in [2.75, 3.05) is 6.61 Å². The molecule has 1 heteroatoms. The van der Waals surface area contributed by atoms with Gasteiger partial charge in [0.1, 0.15) is 0 Å². The van der Waals surface area contributed by atoms with Gasteiger partial charge in [-0.15, -0.1) is 0 Å². The van der Waals surface area contributed by atoms with Gasteiger partial charge in [-0.25, -0.2) is 0 Å². The minimum Gasteiger partial charge on any atom is -0.396 e. The number of hydrogen-bond acceptors (Lipinski definition) is 1. The van der Waals surface area contributed by atoms with Crippen LogP contribution in [-0.4, -0.2) is 11.7 Å². The molecule has 0 unspecified atom stereocenters. The Morgan fingerprint density at radius 3 is 1.92 bits per heavy atom. The largest absolute Gasteiger partial charge is 0.396 e. The zero-order valence-electron chi connectivity index (χ0n) is 9.39. The predicted molar refractivity (Wildman–Crippen MR) is 58.9 cm³/mol. The molecule has 0 radical (unpaired) electrons. The molecule has 0 saturated carbocycles. The van der Waals surface area contributed by atoms with Gasteiger partial charge < -0.3 is 5.11 Å². The fourth-order valence-electron chi connectivity index (χ4n) is 1.97. The van der Waals surface area contributed by atoms with Gasteiger partial charge in [-0.3, -0.25) is 0 Å². The Morgan fingerprint density at radius 1 is 0.846 bits per heavy atom. The van der Waals surface area contributed by atoms with Crippen LogP contribution in [0.4, 0.5) is 0 Å². The van der Waals surface area contributed by atoms with E-state index in [4.69, 9.17) is 5.11 Å². The number of aliphatic hydroxyl groups excluding tert-OH is 1. The molecule has 0 aromatic heterocycles. The van der Waals surface area contributed by atoms with Crippen molar-refractivity contribution in [1.82, 2.24) is 0 Å². The average molecular weight is 186 g/mol. The van der Waals surface area contributed by atoms with E-state index in [1.165, 1.54) is 44.9 Å². The molecule has 80 valence electrons. The maximum absolute atomic E-state index is 8.64. The van der Waals surface area contributed by atoms with E-state index < -0.39 is 0 Å². The monoisotopic (exact) mass is 186 g/mol. The molecule has 0 aromatic rings. The first-order chi connectivity index (χ1) is 6.35. The smallest absolute Gasteiger partial charge is 0.0431 e. The van der Waals surface area contributed by atoms with E-state index in [-0.39, 0.29) is 0 Å². The van der Waals surface area contributed by atoms with Crippen LogP contribution in [0.2, 0.25) is 0 Å². The van der Waals surface area contributed by atoms with Gasteiger partial charge >= 0.3 is 0 Å². The molecule has 1 N–H and O–H groups in total. The molecule has 0 heterocycles. The summed E-state index contributed by atoms with van der Waals surface area (Å²) in [5.41, 5.74) is 0. The van der Waals surface area contributed by atoms with Gasteiger partial charge in [0.25, 0.3) is 0 Å². The first-order valence-electron chi connectivity index (χ1n) is 5.96. The van der Waals surface area contributed by atoms with E-state index in [1.54, 1.807) is 0 Å². The lowest BCUT2D eigenvalue weighted by atomic mass is 9.92. The molecule has 13 heavy (non-hydrogen) atoms. The molecule has 0 rings (SSSR count). The van der Waals surface area contributed by atoms with Gasteiger partial charge in [-0.2, -0.15) is 0 Å². The Bertz CT molecular complexity index is 85.1. The van der Waals surface area contributed by atoms with Crippen LogP contribution in [0.1, 0.15) is 65.2 Å². The molecule has 0 aromatic carbocycles. The SMILES string of the molecule is CCCC(CCC)CCCCCO. The van der Waals surface area contributed by atoms with E-state index in [0.29, 0.717) is 6.61 Å². The summed E-state index contributed by atoms with van der Waals surface area (Å²) < 4.78 is 0. The zero-order chi connectivity index (χ0) is 9.94. The molecular formula is C12H26O. The normalized spacial score (nSPS) is 11.1. The van der Waals surface area contributed by atoms with E-state index >= 15 is 0 Å². The molecule has 0 aliphatic rings. The average Bonchev–Trinajstić information content (AvgIpc) is 2.13. The van der Waals surface area contributed by atoms with Gasteiger partial charge in [0.2, 0.25) is 0 Å². The lowest BCUT2D eigenvalue weighted by Gasteiger charge is -2.14. The topological polar surface area (TPSA) is 20.2 Å². The third-order valence-corrected chi connectivity index (χ3v) is 2.66. The van der Waals surface area contributed by atoms with Gasteiger partial charge in [0, 0.05) is 6.61 Å². The second kappa shape index (κ2) is 10.0. The van der Waals surface area contributed by atoms with Crippen LogP contribution >= 0.6 is 0 Å². The third kappa shape index (κ3) is 8.29. The summed E-state index contributed by atoms with van der Waals surface area (Å²) in [6.45, 7) is 4.92. The second-order valence-electron chi connectivity index (χ2n) is 4.02. The highest BCUT2D eigenvalue weighted by Crippen LogP contribution is 2.20. The molecule has 0 aliphatic heterocycles. The predicted octanol–water partition coefficient (Wildman–Crippen LogP) is 3.76. The van der Waals surface area contributed by atoms with Gasteiger partial charge in [-0.05, 0) is 12.3 Å². The molecule has 0 atom stereocenters. The second-order valence-corrected chi connectivity index (χ2v) is 4.02. The van der Waals surface area contributed by atoms with Crippen molar-refractivity contribution in [3.8, 4) is 0 Å². The minimum atomic E-state index is 0.367. The Hall–Kier alpha value is -0.0400. The first kappa shape index (κ1) is 13.0. The highest BCUT2D eigenvalue weighted by atomic mass is 16.2. The Morgan fingerprint density at radius 2 is 1.46 bits per heavy atom. The van der Waals surface area contributed by atoms with Gasteiger partial charge in [-0.1, -0.05) is 58.8 Å². The molecule has 0 fully saturated rings. The summed E-state index contributed by atoms with van der Waals surface area (Å²) >= 11 is 0. The summed E-state index contributed by atoms with van der Waals surface area (Å²) in [5.74, 6) is 0.952. The third-order valence-electron chi connectivity index (χ3n) is 2.66. The van der Waals surface area contributed by atoms with Crippen LogP contribution in [0.3, 0.4) is 0 Å². The number of hydrogen-bond donors (Lipinski definition) is 1. The number of unbranched alkanes of at least 4 members (excludes halogenated alkanes) is 2. The summed E-state index contributed by atoms with van der Waals surface area (Å²) in [6.07, 6.45) is 10.3. The molecule has 1 nitrogen and oxygen atoms in total. The van der Waals surface area contributed by atoms with Crippen LogP contribution in [0.5, 0.6) is 0 Å². The fraction of sp³-hybridized carbons (Fsp3) is 1.00. The number of aliphatic hydroxyl groups is 1. The van der Waals surface area contributed by atoms with Crippen LogP contribution in [-0.2, 0) is 0 Å².